The van der Waals surface area contributed by atoms with Crippen LogP contribution in [0.4, 0.5) is 0 Å². The van der Waals surface area contributed by atoms with Crippen molar-refractivity contribution in [1.82, 2.24) is 10.3 Å². The van der Waals surface area contributed by atoms with Crippen LogP contribution in [0.15, 0.2) is 48.7 Å². The number of rotatable bonds is 7. The monoisotopic (exact) mass is 340 g/mol. The number of hydrogen-bond acceptors (Lipinski definition) is 4. The second-order valence-corrected chi connectivity index (χ2v) is 6.62. The van der Waals surface area contributed by atoms with E-state index >= 15 is 0 Å². The molecule has 1 fully saturated rings. The van der Waals surface area contributed by atoms with Crippen molar-refractivity contribution in [3.8, 4) is 5.75 Å². The van der Waals surface area contributed by atoms with Gasteiger partial charge in [-0.1, -0.05) is 31.0 Å². The summed E-state index contributed by atoms with van der Waals surface area (Å²) in [4.78, 5) is 16.5. The van der Waals surface area contributed by atoms with Gasteiger partial charge >= 0.3 is 0 Å². The van der Waals surface area contributed by atoms with Crippen molar-refractivity contribution in [2.75, 3.05) is 6.61 Å². The summed E-state index contributed by atoms with van der Waals surface area (Å²) in [5.74, 6) is 0.704. The van der Waals surface area contributed by atoms with E-state index in [9.17, 15) is 9.90 Å². The predicted molar refractivity (Wildman–Crippen MR) is 95.1 cm³/mol. The van der Waals surface area contributed by atoms with E-state index in [0.29, 0.717) is 13.0 Å². The first-order chi connectivity index (χ1) is 12.2. The summed E-state index contributed by atoms with van der Waals surface area (Å²) in [5, 5.41) is 12.6. The fraction of sp³-hybridized carbons (Fsp3) is 0.400. The normalized spacial score (nSPS) is 15.7. The van der Waals surface area contributed by atoms with Crippen molar-refractivity contribution in [3.63, 3.8) is 0 Å². The van der Waals surface area contributed by atoms with E-state index in [1.54, 1.807) is 6.20 Å². The Hall–Kier alpha value is -2.40. The molecule has 1 aromatic heterocycles. The van der Waals surface area contributed by atoms with Crippen molar-refractivity contribution < 1.29 is 14.6 Å². The Bertz CT molecular complexity index is 680. The number of nitrogens with zero attached hydrogens (tertiary/aromatic N) is 1. The fourth-order valence-corrected chi connectivity index (χ4v) is 3.24. The number of aromatic nitrogens is 1. The van der Waals surface area contributed by atoms with Gasteiger partial charge in [0.15, 0.2) is 0 Å². The van der Waals surface area contributed by atoms with E-state index in [2.05, 4.69) is 10.3 Å². The number of ether oxygens (including phenoxy) is 1. The molecule has 1 aliphatic rings. The second-order valence-electron chi connectivity index (χ2n) is 6.62. The Kier molecular flexibility index (Phi) is 5.66. The molecule has 1 aliphatic carbocycles. The van der Waals surface area contributed by atoms with Gasteiger partial charge in [0.05, 0.1) is 24.3 Å². The van der Waals surface area contributed by atoms with Crippen LogP contribution in [0, 0.1) is 0 Å². The Morgan fingerprint density at radius 2 is 1.92 bits per heavy atom. The first-order valence-corrected chi connectivity index (χ1v) is 8.73. The van der Waals surface area contributed by atoms with Crippen LogP contribution >= 0.6 is 0 Å². The lowest BCUT2D eigenvalue weighted by molar-refractivity contribution is -0.122. The maximum absolute atomic E-state index is 12.3. The third-order valence-electron chi connectivity index (χ3n) is 4.67. The molecule has 25 heavy (non-hydrogen) atoms. The minimum atomic E-state index is -0.414. The van der Waals surface area contributed by atoms with E-state index in [-0.39, 0.29) is 12.5 Å². The standard InChI is InChI=1S/C20H24N2O3/c23-15-20(10-2-3-11-20)22-19(24)13-16-6-8-18(9-7-16)25-14-17-5-1-4-12-21-17/h1,4-9,12,23H,2-3,10-11,13-15H2,(H,22,24). The first-order valence-electron chi connectivity index (χ1n) is 8.73. The highest BCUT2D eigenvalue weighted by molar-refractivity contribution is 5.79. The lowest BCUT2D eigenvalue weighted by Crippen LogP contribution is -2.49. The van der Waals surface area contributed by atoms with Crippen LogP contribution in [0.5, 0.6) is 5.75 Å². The van der Waals surface area contributed by atoms with Crippen LogP contribution in [-0.4, -0.2) is 28.1 Å². The molecule has 0 bridgehead atoms. The second kappa shape index (κ2) is 8.12. The summed E-state index contributed by atoms with van der Waals surface area (Å²) >= 11 is 0. The van der Waals surface area contributed by atoms with Crippen molar-refractivity contribution in [2.45, 2.75) is 44.2 Å². The maximum Gasteiger partial charge on any atom is 0.224 e. The molecule has 1 heterocycles. The number of hydrogen-bond donors (Lipinski definition) is 2. The molecule has 3 rings (SSSR count). The Morgan fingerprint density at radius 3 is 2.56 bits per heavy atom. The molecule has 1 amide bonds. The van der Waals surface area contributed by atoms with Gasteiger partial charge in [0.1, 0.15) is 12.4 Å². The maximum atomic E-state index is 12.3. The third-order valence-corrected chi connectivity index (χ3v) is 4.67. The number of benzene rings is 1. The number of amides is 1. The van der Waals surface area contributed by atoms with Gasteiger partial charge in [-0.05, 0) is 42.7 Å². The number of carbonyl (C=O) groups excluding carboxylic acids is 1. The lowest BCUT2D eigenvalue weighted by atomic mass is 9.98. The van der Waals surface area contributed by atoms with Gasteiger partial charge in [0.2, 0.25) is 5.91 Å². The number of nitrogens with one attached hydrogen (secondary N) is 1. The van der Waals surface area contributed by atoms with E-state index < -0.39 is 5.54 Å². The van der Waals surface area contributed by atoms with Crippen LogP contribution < -0.4 is 10.1 Å². The van der Waals surface area contributed by atoms with E-state index in [1.165, 1.54) is 0 Å². The summed E-state index contributed by atoms with van der Waals surface area (Å²) in [6, 6.07) is 13.2. The SMILES string of the molecule is O=C(Cc1ccc(OCc2ccccn2)cc1)NC1(CO)CCCC1. The highest BCUT2D eigenvalue weighted by Gasteiger charge is 2.34. The average Bonchev–Trinajstić information content (AvgIpc) is 3.11. The summed E-state index contributed by atoms with van der Waals surface area (Å²) in [6.45, 7) is 0.429. The largest absolute Gasteiger partial charge is 0.487 e. The fourth-order valence-electron chi connectivity index (χ4n) is 3.24. The zero-order valence-electron chi connectivity index (χ0n) is 14.3. The predicted octanol–water partition coefficient (Wildman–Crippen LogP) is 2.62. The van der Waals surface area contributed by atoms with Crippen LogP contribution in [0.1, 0.15) is 36.9 Å². The number of aliphatic hydroxyl groups excluding tert-OH is 1. The van der Waals surface area contributed by atoms with Gasteiger partial charge in [-0.2, -0.15) is 0 Å². The molecule has 5 nitrogen and oxygen atoms in total. The number of carbonyl (C=O) groups is 1. The number of aliphatic hydroxyl groups is 1. The van der Waals surface area contributed by atoms with Crippen molar-refractivity contribution in [3.05, 3.63) is 59.9 Å². The summed E-state index contributed by atoms with van der Waals surface area (Å²) < 4.78 is 5.70. The van der Waals surface area contributed by atoms with Crippen LogP contribution in [0.2, 0.25) is 0 Å². The Labute approximate surface area is 148 Å². The van der Waals surface area contributed by atoms with Gasteiger partial charge in [-0.25, -0.2) is 0 Å². The zero-order chi connectivity index (χ0) is 17.5. The average molecular weight is 340 g/mol. The molecule has 5 heteroatoms. The van der Waals surface area contributed by atoms with Crippen molar-refractivity contribution in [1.29, 1.82) is 0 Å². The van der Waals surface area contributed by atoms with E-state index in [1.807, 2.05) is 42.5 Å². The number of pyridine rings is 1. The van der Waals surface area contributed by atoms with Crippen molar-refractivity contribution >= 4 is 5.91 Å². The Morgan fingerprint density at radius 1 is 1.16 bits per heavy atom. The smallest absolute Gasteiger partial charge is 0.224 e. The minimum absolute atomic E-state index is 0.0129. The zero-order valence-corrected chi connectivity index (χ0v) is 14.3. The summed E-state index contributed by atoms with van der Waals surface area (Å²) in [6.07, 6.45) is 5.88. The van der Waals surface area contributed by atoms with Crippen molar-refractivity contribution in [2.24, 2.45) is 0 Å². The molecular weight excluding hydrogens is 316 g/mol. The minimum Gasteiger partial charge on any atom is -0.487 e. The molecule has 2 aromatic rings. The first kappa shape index (κ1) is 17.4. The molecule has 0 saturated heterocycles. The quantitative estimate of drug-likeness (QED) is 0.813. The van der Waals surface area contributed by atoms with E-state index in [0.717, 1.165) is 42.7 Å². The molecule has 0 radical (unpaired) electrons. The van der Waals surface area contributed by atoms with Gasteiger partial charge in [0, 0.05) is 6.20 Å². The van der Waals surface area contributed by atoms with Gasteiger partial charge < -0.3 is 15.2 Å². The molecule has 0 unspecified atom stereocenters. The van der Waals surface area contributed by atoms with E-state index in [4.69, 9.17) is 4.74 Å². The molecule has 1 saturated carbocycles. The molecular formula is C20H24N2O3. The summed E-state index contributed by atoms with van der Waals surface area (Å²) in [5.41, 5.74) is 1.38. The highest BCUT2D eigenvalue weighted by Crippen LogP contribution is 2.29. The molecule has 0 aliphatic heterocycles. The van der Waals surface area contributed by atoms with Crippen LogP contribution in [-0.2, 0) is 17.8 Å². The molecule has 0 atom stereocenters. The summed E-state index contributed by atoms with van der Waals surface area (Å²) in [7, 11) is 0. The van der Waals surface area contributed by atoms with Gasteiger partial charge in [0.25, 0.3) is 0 Å². The topological polar surface area (TPSA) is 71.5 Å². The Balaban J connectivity index is 1.51. The third kappa shape index (κ3) is 4.79. The van der Waals surface area contributed by atoms with Gasteiger partial charge in [-0.15, -0.1) is 0 Å². The molecule has 2 N–H and O–H groups in total. The highest BCUT2D eigenvalue weighted by atomic mass is 16.5. The van der Waals surface area contributed by atoms with Crippen LogP contribution in [0.25, 0.3) is 0 Å². The van der Waals surface area contributed by atoms with Crippen LogP contribution in [0.3, 0.4) is 0 Å². The lowest BCUT2D eigenvalue weighted by Gasteiger charge is -2.28. The van der Waals surface area contributed by atoms with Gasteiger partial charge in [-0.3, -0.25) is 9.78 Å². The molecule has 0 spiro atoms. The molecule has 132 valence electrons. The molecule has 1 aromatic carbocycles.